The molecule has 1 aromatic rings. The smallest absolute Gasteiger partial charge is 0.249 e. The van der Waals surface area contributed by atoms with E-state index in [1.807, 2.05) is 61.6 Å². The summed E-state index contributed by atoms with van der Waals surface area (Å²) in [6, 6.07) is 8.83. The molecule has 5 rings (SSSR count). The van der Waals surface area contributed by atoms with E-state index in [4.69, 9.17) is 4.74 Å². The number of likely N-dealkylation sites (N-methyl/N-ethyl adjacent to an activating group) is 1. The van der Waals surface area contributed by atoms with E-state index in [0.717, 1.165) is 5.56 Å². The van der Waals surface area contributed by atoms with Crippen molar-refractivity contribution in [3.05, 3.63) is 60.2 Å². The molecule has 1 spiro atoms. The summed E-state index contributed by atoms with van der Waals surface area (Å²) in [4.78, 5) is 46.3. The number of benzene rings is 1. The molecule has 2 fully saturated rings. The third-order valence-electron chi connectivity index (χ3n) is 7.62. The molecule has 0 aliphatic carbocycles. The number of nitrogens with zero attached hydrogens (tertiary/aromatic N) is 3. The quantitative estimate of drug-likeness (QED) is 0.655. The van der Waals surface area contributed by atoms with Crippen LogP contribution in [0, 0.1) is 11.8 Å². The lowest BCUT2D eigenvalue weighted by molar-refractivity contribution is -0.152. The first kappa shape index (κ1) is 22.8. The van der Waals surface area contributed by atoms with E-state index in [9.17, 15) is 19.5 Å². The number of rotatable bonds is 5. The van der Waals surface area contributed by atoms with E-state index in [1.54, 1.807) is 21.7 Å². The molecule has 0 saturated carbocycles. The Balaban J connectivity index is 1.59. The average molecular weight is 466 g/mol. The number of hydrogen-bond acceptors (Lipinski definition) is 5. The van der Waals surface area contributed by atoms with Crippen molar-refractivity contribution >= 4 is 17.7 Å². The van der Waals surface area contributed by atoms with Crippen LogP contribution in [0.4, 0.5) is 0 Å². The molecule has 0 radical (unpaired) electrons. The van der Waals surface area contributed by atoms with Crippen molar-refractivity contribution in [2.75, 3.05) is 33.3 Å². The van der Waals surface area contributed by atoms with E-state index in [-0.39, 0.29) is 30.9 Å². The number of aliphatic hydroxyl groups excluding tert-OH is 1. The fourth-order valence-electron chi connectivity index (χ4n) is 6.12. The van der Waals surface area contributed by atoms with Crippen LogP contribution in [0.15, 0.2) is 54.6 Å². The number of amides is 3. The van der Waals surface area contributed by atoms with Crippen LogP contribution in [0.3, 0.4) is 0 Å². The zero-order chi connectivity index (χ0) is 24.1. The highest BCUT2D eigenvalue weighted by atomic mass is 16.5. The number of carbonyl (C=O) groups is 3. The summed E-state index contributed by atoms with van der Waals surface area (Å²) >= 11 is 0. The molecule has 1 unspecified atom stereocenters. The standard InChI is InChI=1S/C26H31N3O5/c1-25-11-6-13-27(2)22(31)19(25)20-23(32)29(15-8-16-30)21-24(33)28(14-7-12-26(20,21)34-25)17-18-9-4-3-5-10-18/h3-7,9-12,19-21,30H,8,13-17H2,1-2H3/t19-,20-,21?,25+,26-/m0/s1. The van der Waals surface area contributed by atoms with Crippen molar-refractivity contribution in [3.63, 3.8) is 0 Å². The fourth-order valence-corrected chi connectivity index (χ4v) is 6.12. The molecule has 3 amide bonds. The Kier molecular flexibility index (Phi) is 5.61. The monoisotopic (exact) mass is 465 g/mol. The SMILES string of the molecule is CN1CC=C[C@@]2(C)O[C@]34C=CCN(Cc5ccccc5)C(=O)C3N(CCCO)C(=O)[C@@H]4[C@H]2C1=O. The van der Waals surface area contributed by atoms with Gasteiger partial charge < -0.3 is 24.5 Å². The molecule has 8 heteroatoms. The summed E-state index contributed by atoms with van der Waals surface area (Å²) < 4.78 is 6.70. The molecule has 4 aliphatic heterocycles. The van der Waals surface area contributed by atoms with Gasteiger partial charge in [0.05, 0.1) is 17.4 Å². The lowest BCUT2D eigenvalue weighted by atomic mass is 9.74. The van der Waals surface area contributed by atoms with Crippen molar-refractivity contribution in [1.29, 1.82) is 0 Å². The molecule has 180 valence electrons. The summed E-state index contributed by atoms with van der Waals surface area (Å²) in [5, 5.41) is 9.47. The van der Waals surface area contributed by atoms with Gasteiger partial charge in [-0.25, -0.2) is 0 Å². The zero-order valence-corrected chi connectivity index (χ0v) is 19.6. The lowest BCUT2D eigenvalue weighted by Gasteiger charge is -2.37. The fraction of sp³-hybridized carbons (Fsp3) is 0.500. The number of fused-ring (bicyclic) bond motifs is 2. The van der Waals surface area contributed by atoms with Gasteiger partial charge in [0.25, 0.3) is 0 Å². The van der Waals surface area contributed by atoms with E-state index in [0.29, 0.717) is 26.1 Å². The maximum absolute atomic E-state index is 14.0. The highest BCUT2D eigenvalue weighted by Gasteiger charge is 2.74. The van der Waals surface area contributed by atoms with E-state index in [1.165, 1.54) is 0 Å². The van der Waals surface area contributed by atoms with Gasteiger partial charge in [-0.3, -0.25) is 14.4 Å². The molecular formula is C26H31N3O5. The molecule has 1 N–H and O–H groups in total. The lowest BCUT2D eigenvalue weighted by Crippen LogP contribution is -2.55. The molecule has 4 heterocycles. The van der Waals surface area contributed by atoms with Crippen LogP contribution in [0.2, 0.25) is 0 Å². The van der Waals surface area contributed by atoms with Crippen molar-refractivity contribution in [2.45, 2.75) is 37.1 Å². The Hall–Kier alpha value is -2.97. The topological polar surface area (TPSA) is 90.4 Å². The van der Waals surface area contributed by atoms with Gasteiger partial charge >= 0.3 is 0 Å². The second kappa shape index (κ2) is 8.36. The predicted molar refractivity (Wildman–Crippen MR) is 124 cm³/mol. The van der Waals surface area contributed by atoms with Crippen LogP contribution < -0.4 is 0 Å². The highest BCUT2D eigenvalue weighted by molar-refractivity contribution is 6.00. The second-order valence-corrected chi connectivity index (χ2v) is 9.83. The van der Waals surface area contributed by atoms with Crippen LogP contribution in [0.25, 0.3) is 0 Å². The Morgan fingerprint density at radius 3 is 2.47 bits per heavy atom. The van der Waals surface area contributed by atoms with E-state index >= 15 is 0 Å². The van der Waals surface area contributed by atoms with Crippen molar-refractivity contribution < 1.29 is 24.2 Å². The number of aliphatic hydroxyl groups is 1. The van der Waals surface area contributed by atoms with Crippen molar-refractivity contribution in [3.8, 4) is 0 Å². The molecule has 8 nitrogen and oxygen atoms in total. The van der Waals surface area contributed by atoms with Crippen LogP contribution in [0.1, 0.15) is 18.9 Å². The Morgan fingerprint density at radius 2 is 1.74 bits per heavy atom. The second-order valence-electron chi connectivity index (χ2n) is 9.83. The molecule has 1 aromatic carbocycles. The Morgan fingerprint density at radius 1 is 1.00 bits per heavy atom. The molecule has 0 aromatic heterocycles. The first-order valence-corrected chi connectivity index (χ1v) is 11.9. The number of carbonyl (C=O) groups excluding carboxylic acids is 3. The minimum absolute atomic E-state index is 0.0989. The largest absolute Gasteiger partial charge is 0.396 e. The number of ether oxygens (including phenoxy) is 1. The van der Waals surface area contributed by atoms with E-state index in [2.05, 4.69) is 0 Å². The van der Waals surface area contributed by atoms with E-state index < -0.39 is 29.1 Å². The van der Waals surface area contributed by atoms with Gasteiger partial charge in [0.1, 0.15) is 11.6 Å². The molecule has 34 heavy (non-hydrogen) atoms. The first-order valence-electron chi connectivity index (χ1n) is 11.9. The summed E-state index contributed by atoms with van der Waals surface area (Å²) in [5.41, 5.74) is -1.25. The van der Waals surface area contributed by atoms with Gasteiger partial charge in [-0.2, -0.15) is 0 Å². The first-order chi connectivity index (χ1) is 16.3. The Labute approximate surface area is 199 Å². The van der Waals surface area contributed by atoms with Gasteiger partial charge in [0.15, 0.2) is 0 Å². The van der Waals surface area contributed by atoms with Gasteiger partial charge in [0, 0.05) is 39.8 Å². The molecule has 4 aliphatic rings. The minimum Gasteiger partial charge on any atom is -0.396 e. The van der Waals surface area contributed by atoms with Gasteiger partial charge in [-0.15, -0.1) is 0 Å². The third kappa shape index (κ3) is 3.31. The maximum Gasteiger partial charge on any atom is 0.249 e. The number of likely N-dealkylation sites (tertiary alicyclic amines) is 1. The highest BCUT2D eigenvalue weighted by Crippen LogP contribution is 2.57. The van der Waals surface area contributed by atoms with Crippen LogP contribution in [-0.2, 0) is 25.7 Å². The summed E-state index contributed by atoms with van der Waals surface area (Å²) in [7, 11) is 1.72. The molecule has 0 bridgehead atoms. The third-order valence-corrected chi connectivity index (χ3v) is 7.62. The van der Waals surface area contributed by atoms with Crippen LogP contribution >= 0.6 is 0 Å². The van der Waals surface area contributed by atoms with Gasteiger partial charge in [-0.1, -0.05) is 54.6 Å². The summed E-state index contributed by atoms with van der Waals surface area (Å²) in [6.45, 7) is 3.20. The van der Waals surface area contributed by atoms with Gasteiger partial charge in [-0.05, 0) is 18.9 Å². The average Bonchev–Trinajstić information content (AvgIpc) is 3.10. The molecular weight excluding hydrogens is 434 g/mol. The number of hydrogen-bond donors (Lipinski definition) is 1. The Bertz CT molecular complexity index is 1060. The van der Waals surface area contributed by atoms with Gasteiger partial charge in [0.2, 0.25) is 17.7 Å². The van der Waals surface area contributed by atoms with Crippen LogP contribution in [0.5, 0.6) is 0 Å². The predicted octanol–water partition coefficient (Wildman–Crippen LogP) is 0.967. The minimum atomic E-state index is -1.24. The van der Waals surface area contributed by atoms with Crippen molar-refractivity contribution in [1.82, 2.24) is 14.7 Å². The molecule has 5 atom stereocenters. The summed E-state index contributed by atoms with van der Waals surface area (Å²) in [6.07, 6.45) is 7.85. The zero-order valence-electron chi connectivity index (χ0n) is 19.6. The maximum atomic E-state index is 14.0. The molecule has 2 saturated heterocycles. The van der Waals surface area contributed by atoms with Crippen molar-refractivity contribution in [2.24, 2.45) is 11.8 Å². The summed E-state index contributed by atoms with van der Waals surface area (Å²) in [5.74, 6) is -2.16. The van der Waals surface area contributed by atoms with Crippen LogP contribution in [-0.4, -0.2) is 88.1 Å². The normalized spacial score (nSPS) is 34.7.